The highest BCUT2D eigenvalue weighted by Gasteiger charge is 2.20. The zero-order chi connectivity index (χ0) is 11.4. The molecule has 0 aromatic carbocycles. The Bertz CT molecular complexity index is 338. The van der Waals surface area contributed by atoms with Gasteiger partial charge in [0.05, 0.1) is 6.54 Å². The van der Waals surface area contributed by atoms with E-state index in [-0.39, 0.29) is 18.2 Å². The molecule has 17 heavy (non-hydrogen) atoms. The molecule has 1 fully saturated rings. The van der Waals surface area contributed by atoms with Crippen LogP contribution in [-0.4, -0.2) is 48.4 Å². The second-order valence-corrected chi connectivity index (χ2v) is 5.05. The Kier molecular flexibility index (Phi) is 6.05. The van der Waals surface area contributed by atoms with Crippen LogP contribution in [0.15, 0.2) is 11.6 Å². The van der Waals surface area contributed by atoms with Gasteiger partial charge in [0.25, 0.3) is 0 Å². The molecule has 1 saturated heterocycles. The Hall–Kier alpha value is -0.490. The van der Waals surface area contributed by atoms with Crippen molar-refractivity contribution >= 4 is 29.5 Å². The lowest BCUT2D eigenvalue weighted by molar-refractivity contribution is 0.0903. The first kappa shape index (κ1) is 14.6. The molecule has 1 N–H and O–H groups in total. The summed E-state index contributed by atoms with van der Waals surface area (Å²) in [6, 6.07) is 0.533. The molecule has 0 saturated carbocycles. The number of likely N-dealkylation sites (N-methyl/N-ethyl adjacent to an activating group) is 1. The average molecular weight is 276 g/mol. The molecular weight excluding hydrogens is 258 g/mol. The van der Waals surface area contributed by atoms with E-state index in [1.165, 1.54) is 11.3 Å². The van der Waals surface area contributed by atoms with Crippen molar-refractivity contribution in [2.75, 3.05) is 26.7 Å². The number of thiazole rings is 1. The van der Waals surface area contributed by atoms with Crippen molar-refractivity contribution in [1.29, 1.82) is 0 Å². The fourth-order valence-electron chi connectivity index (χ4n) is 2.03. The molecule has 4 nitrogen and oxygen atoms in total. The van der Waals surface area contributed by atoms with E-state index >= 15 is 0 Å². The molecule has 0 unspecified atom stereocenters. The maximum atomic E-state index is 11.8. The Morgan fingerprint density at radius 1 is 1.59 bits per heavy atom. The van der Waals surface area contributed by atoms with Crippen molar-refractivity contribution in [2.45, 2.75) is 18.9 Å². The molecule has 1 aliphatic rings. The Morgan fingerprint density at radius 3 is 2.88 bits per heavy atom. The van der Waals surface area contributed by atoms with Gasteiger partial charge in [-0.15, -0.1) is 23.7 Å². The summed E-state index contributed by atoms with van der Waals surface area (Å²) in [6.45, 7) is 2.60. The Morgan fingerprint density at radius 2 is 2.29 bits per heavy atom. The molecule has 0 radical (unpaired) electrons. The number of nitrogens with zero attached hydrogens (tertiary/aromatic N) is 2. The number of rotatable bonds is 4. The minimum absolute atomic E-state index is 0. The van der Waals surface area contributed by atoms with E-state index in [2.05, 4.69) is 15.2 Å². The van der Waals surface area contributed by atoms with E-state index in [4.69, 9.17) is 0 Å². The van der Waals surface area contributed by atoms with Crippen molar-refractivity contribution in [3.05, 3.63) is 16.6 Å². The summed E-state index contributed by atoms with van der Waals surface area (Å²) < 4.78 is 0. The lowest BCUT2D eigenvalue weighted by Gasteiger charge is -2.30. The Labute approximate surface area is 112 Å². The first-order valence-electron chi connectivity index (χ1n) is 5.61. The van der Waals surface area contributed by atoms with Gasteiger partial charge in [-0.05, 0) is 33.0 Å². The number of carbonyl (C=O) groups is 1. The van der Waals surface area contributed by atoms with Crippen molar-refractivity contribution in [1.82, 2.24) is 15.2 Å². The number of aromatic nitrogens is 1. The zero-order valence-electron chi connectivity index (χ0n) is 9.89. The number of Topliss-reactive ketones (excluding diaryl/α,β-unsaturated/α-hetero) is 1. The van der Waals surface area contributed by atoms with Crippen LogP contribution in [0.4, 0.5) is 0 Å². The topological polar surface area (TPSA) is 45.2 Å². The third-order valence-corrected chi connectivity index (χ3v) is 3.81. The van der Waals surface area contributed by atoms with Gasteiger partial charge in [0.2, 0.25) is 5.78 Å². The van der Waals surface area contributed by atoms with Gasteiger partial charge >= 0.3 is 0 Å². The van der Waals surface area contributed by atoms with Gasteiger partial charge in [0.1, 0.15) is 0 Å². The summed E-state index contributed by atoms with van der Waals surface area (Å²) in [4.78, 5) is 18.1. The normalized spacial score (nSPS) is 16.8. The summed E-state index contributed by atoms with van der Waals surface area (Å²) in [7, 11) is 2.03. The quantitative estimate of drug-likeness (QED) is 0.845. The fraction of sp³-hybridized carbons (Fsp3) is 0.636. The number of ketones is 1. The number of hydrogen-bond acceptors (Lipinski definition) is 5. The molecule has 0 bridgehead atoms. The van der Waals surface area contributed by atoms with Crippen molar-refractivity contribution in [3.63, 3.8) is 0 Å². The number of piperidine rings is 1. The SMILES string of the molecule is CN(CC(=O)c1nccs1)C1CCNCC1.Cl. The highest BCUT2D eigenvalue weighted by atomic mass is 35.5. The molecule has 1 aromatic rings. The minimum atomic E-state index is 0. The van der Waals surface area contributed by atoms with Crippen LogP contribution in [-0.2, 0) is 0 Å². The number of nitrogens with one attached hydrogen (secondary N) is 1. The van der Waals surface area contributed by atoms with Crippen molar-refractivity contribution in [2.24, 2.45) is 0 Å². The highest BCUT2D eigenvalue weighted by molar-refractivity contribution is 7.11. The lowest BCUT2D eigenvalue weighted by atomic mass is 10.1. The fourth-order valence-corrected chi connectivity index (χ4v) is 2.60. The number of halogens is 1. The van der Waals surface area contributed by atoms with Gasteiger partial charge in [-0.1, -0.05) is 0 Å². The van der Waals surface area contributed by atoms with E-state index in [1.54, 1.807) is 6.20 Å². The standard InChI is InChI=1S/C11H17N3OS.ClH/c1-14(9-2-4-12-5-3-9)8-10(15)11-13-6-7-16-11;/h6-7,9,12H,2-5,8H2,1H3;1H. The smallest absolute Gasteiger partial charge is 0.205 e. The van der Waals surface area contributed by atoms with Gasteiger partial charge in [-0.25, -0.2) is 4.98 Å². The third kappa shape index (κ3) is 4.03. The van der Waals surface area contributed by atoms with Crippen LogP contribution in [0.2, 0.25) is 0 Å². The number of carbonyl (C=O) groups excluding carboxylic acids is 1. The van der Waals surface area contributed by atoms with E-state index < -0.39 is 0 Å². The first-order valence-corrected chi connectivity index (χ1v) is 6.49. The predicted molar refractivity (Wildman–Crippen MR) is 72.2 cm³/mol. The molecule has 96 valence electrons. The molecule has 0 amide bonds. The van der Waals surface area contributed by atoms with Crippen LogP contribution in [0, 0.1) is 0 Å². The molecule has 1 aliphatic heterocycles. The van der Waals surface area contributed by atoms with Crippen LogP contribution < -0.4 is 5.32 Å². The van der Waals surface area contributed by atoms with Crippen LogP contribution in [0.3, 0.4) is 0 Å². The predicted octanol–water partition coefficient (Wildman–Crippen LogP) is 1.43. The largest absolute Gasteiger partial charge is 0.317 e. The molecule has 0 aliphatic carbocycles. The van der Waals surface area contributed by atoms with Crippen LogP contribution >= 0.6 is 23.7 Å². The van der Waals surface area contributed by atoms with Gasteiger partial charge in [0.15, 0.2) is 5.01 Å². The zero-order valence-corrected chi connectivity index (χ0v) is 11.5. The summed E-state index contributed by atoms with van der Waals surface area (Å²) in [5.41, 5.74) is 0. The molecule has 0 atom stereocenters. The average Bonchev–Trinajstić information content (AvgIpc) is 2.83. The van der Waals surface area contributed by atoms with Crippen molar-refractivity contribution < 1.29 is 4.79 Å². The van der Waals surface area contributed by atoms with Crippen LogP contribution in [0.5, 0.6) is 0 Å². The second kappa shape index (κ2) is 7.06. The highest BCUT2D eigenvalue weighted by Crippen LogP contribution is 2.12. The maximum absolute atomic E-state index is 11.8. The van der Waals surface area contributed by atoms with Crippen molar-refractivity contribution in [3.8, 4) is 0 Å². The molecular formula is C11H18ClN3OS. The maximum Gasteiger partial charge on any atom is 0.205 e. The van der Waals surface area contributed by atoms with E-state index in [0.717, 1.165) is 25.9 Å². The van der Waals surface area contributed by atoms with Crippen LogP contribution in [0.1, 0.15) is 22.6 Å². The third-order valence-electron chi connectivity index (χ3n) is 3.00. The summed E-state index contributed by atoms with van der Waals surface area (Å²) in [6.07, 6.45) is 3.94. The Balaban J connectivity index is 0.00000144. The summed E-state index contributed by atoms with van der Waals surface area (Å²) in [5.74, 6) is 0.135. The minimum Gasteiger partial charge on any atom is -0.317 e. The van der Waals surface area contributed by atoms with Gasteiger partial charge < -0.3 is 5.32 Å². The lowest BCUT2D eigenvalue weighted by Crippen LogP contribution is -2.43. The van der Waals surface area contributed by atoms with Crippen LogP contribution in [0.25, 0.3) is 0 Å². The van der Waals surface area contributed by atoms with Gasteiger partial charge in [0, 0.05) is 17.6 Å². The molecule has 6 heteroatoms. The molecule has 0 spiro atoms. The monoisotopic (exact) mass is 275 g/mol. The molecule has 2 heterocycles. The van der Waals surface area contributed by atoms with Gasteiger partial charge in [-0.2, -0.15) is 0 Å². The van der Waals surface area contributed by atoms with E-state index in [9.17, 15) is 4.79 Å². The second-order valence-electron chi connectivity index (χ2n) is 4.16. The van der Waals surface area contributed by atoms with E-state index in [0.29, 0.717) is 17.6 Å². The molecule has 1 aromatic heterocycles. The molecule has 2 rings (SSSR count). The van der Waals surface area contributed by atoms with Gasteiger partial charge in [-0.3, -0.25) is 9.69 Å². The first-order chi connectivity index (χ1) is 7.77. The number of hydrogen-bond donors (Lipinski definition) is 1. The summed E-state index contributed by atoms with van der Waals surface area (Å²) in [5, 5.41) is 5.80. The summed E-state index contributed by atoms with van der Waals surface area (Å²) >= 11 is 1.42. The van der Waals surface area contributed by atoms with E-state index in [1.807, 2.05) is 12.4 Å².